The summed E-state index contributed by atoms with van der Waals surface area (Å²) in [5.41, 5.74) is -1.47. The summed E-state index contributed by atoms with van der Waals surface area (Å²) >= 11 is 0. The van der Waals surface area contributed by atoms with E-state index in [1.807, 2.05) is 11.8 Å². The van der Waals surface area contributed by atoms with E-state index in [1.54, 1.807) is 36.4 Å². The van der Waals surface area contributed by atoms with E-state index in [0.29, 0.717) is 73.3 Å². The van der Waals surface area contributed by atoms with Gasteiger partial charge in [0.05, 0.1) is 60.8 Å². The molecule has 3 aliphatic heterocycles. The molecule has 16 heteroatoms. The molecule has 0 aliphatic carbocycles. The number of aromatic nitrogens is 2. The van der Waals surface area contributed by atoms with Crippen LogP contribution in [0.2, 0.25) is 0 Å². The molecule has 0 spiro atoms. The van der Waals surface area contributed by atoms with Crippen LogP contribution in [-0.2, 0) is 28.4 Å². The number of alkyl halides is 6. The SMILES string of the molecule is CCOC(=O)N1c2cc3c(cc2[C@@H](N(Cc2cc(C(F)(F)F)cc(C(F)(F)F)c2)c2ncc(N4CCOCC4)cn2)C[C@H]1CC)OCCO3. The number of fused-ring (bicyclic) bond motifs is 2. The first-order valence-corrected chi connectivity index (χ1v) is 16.0. The highest BCUT2D eigenvalue weighted by molar-refractivity contribution is 5.91. The van der Waals surface area contributed by atoms with E-state index in [9.17, 15) is 31.1 Å². The first-order valence-electron chi connectivity index (χ1n) is 16.0. The number of morpholine rings is 1. The standard InChI is InChI=1S/C33H35F6N5O5/c1-3-23-14-26(25-15-28-29(49-10-9-48-28)16-27(25)44(23)31(45)47-4-2)43(30-40-17-24(18-41-30)42-5-7-46-8-6-42)19-20-11-21(32(34,35)36)13-22(12-20)33(37,38)39/h11-13,15-18,23,26H,3-10,14,19H2,1-2H3/t23-,26+/m1/s1. The van der Waals surface area contributed by atoms with Gasteiger partial charge in [0, 0.05) is 37.3 Å². The third-order valence-corrected chi connectivity index (χ3v) is 8.74. The highest BCUT2D eigenvalue weighted by Crippen LogP contribution is 2.48. The predicted molar refractivity (Wildman–Crippen MR) is 166 cm³/mol. The van der Waals surface area contributed by atoms with Gasteiger partial charge in [0.25, 0.3) is 0 Å². The molecule has 1 fully saturated rings. The van der Waals surface area contributed by atoms with Crippen LogP contribution in [0.25, 0.3) is 0 Å². The van der Waals surface area contributed by atoms with E-state index in [0.717, 1.165) is 0 Å². The largest absolute Gasteiger partial charge is 0.486 e. The molecule has 0 saturated carbocycles. The van der Waals surface area contributed by atoms with Crippen molar-refractivity contribution in [1.29, 1.82) is 0 Å². The van der Waals surface area contributed by atoms with Gasteiger partial charge in [-0.3, -0.25) is 4.90 Å². The zero-order valence-electron chi connectivity index (χ0n) is 26.8. The summed E-state index contributed by atoms with van der Waals surface area (Å²) in [7, 11) is 0. The quantitative estimate of drug-likeness (QED) is 0.242. The number of ether oxygens (including phenoxy) is 4. The minimum absolute atomic E-state index is 0.0771. The van der Waals surface area contributed by atoms with Gasteiger partial charge in [-0.1, -0.05) is 6.92 Å². The molecule has 264 valence electrons. The van der Waals surface area contributed by atoms with Crippen LogP contribution in [-0.4, -0.2) is 68.2 Å². The molecule has 49 heavy (non-hydrogen) atoms. The molecule has 3 aliphatic rings. The van der Waals surface area contributed by atoms with Crippen LogP contribution in [0.5, 0.6) is 11.5 Å². The number of halogens is 6. The second-order valence-corrected chi connectivity index (χ2v) is 11.8. The van der Waals surface area contributed by atoms with Crippen molar-refractivity contribution in [2.24, 2.45) is 0 Å². The minimum Gasteiger partial charge on any atom is -0.486 e. The number of carbonyl (C=O) groups is 1. The van der Waals surface area contributed by atoms with E-state index in [4.69, 9.17) is 18.9 Å². The highest BCUT2D eigenvalue weighted by atomic mass is 19.4. The minimum atomic E-state index is -5.03. The van der Waals surface area contributed by atoms with Crippen LogP contribution in [0, 0.1) is 0 Å². The number of nitrogens with zero attached hydrogens (tertiary/aromatic N) is 5. The third-order valence-electron chi connectivity index (χ3n) is 8.74. The Kier molecular flexibility index (Phi) is 9.69. The molecule has 0 radical (unpaired) electrons. The Morgan fingerprint density at radius 1 is 0.898 bits per heavy atom. The van der Waals surface area contributed by atoms with E-state index >= 15 is 0 Å². The zero-order valence-corrected chi connectivity index (χ0v) is 26.8. The molecule has 1 amide bonds. The smallest absolute Gasteiger partial charge is 0.416 e. The zero-order chi connectivity index (χ0) is 34.9. The van der Waals surface area contributed by atoms with Crippen molar-refractivity contribution in [2.45, 2.75) is 57.7 Å². The lowest BCUT2D eigenvalue weighted by molar-refractivity contribution is -0.143. The molecule has 1 saturated heterocycles. The normalized spacial score (nSPS) is 19.3. The molecule has 0 unspecified atom stereocenters. The van der Waals surface area contributed by atoms with Gasteiger partial charge in [-0.25, -0.2) is 14.8 Å². The second kappa shape index (κ2) is 13.8. The fraction of sp³-hybridized carbons (Fsp3) is 0.485. The Hall–Kier alpha value is -4.47. The number of carbonyl (C=O) groups excluding carboxylic acids is 1. The lowest BCUT2D eigenvalue weighted by Crippen LogP contribution is -2.48. The summed E-state index contributed by atoms with van der Waals surface area (Å²) < 4.78 is 106. The molecule has 10 nitrogen and oxygen atoms in total. The van der Waals surface area contributed by atoms with Crippen molar-refractivity contribution in [3.05, 3.63) is 65.0 Å². The fourth-order valence-electron chi connectivity index (χ4n) is 6.42. The Morgan fingerprint density at radius 2 is 1.51 bits per heavy atom. The molecular weight excluding hydrogens is 660 g/mol. The van der Waals surface area contributed by atoms with E-state index in [2.05, 4.69) is 9.97 Å². The van der Waals surface area contributed by atoms with E-state index in [-0.39, 0.29) is 43.8 Å². The van der Waals surface area contributed by atoms with Crippen molar-refractivity contribution in [2.75, 3.05) is 60.8 Å². The van der Waals surface area contributed by atoms with E-state index in [1.165, 1.54) is 4.90 Å². The molecule has 6 rings (SSSR count). The van der Waals surface area contributed by atoms with Gasteiger partial charge >= 0.3 is 18.4 Å². The maximum Gasteiger partial charge on any atom is 0.416 e. The number of benzene rings is 2. The average molecular weight is 696 g/mol. The van der Waals surface area contributed by atoms with Crippen LogP contribution >= 0.6 is 0 Å². The number of hydrogen-bond donors (Lipinski definition) is 0. The fourth-order valence-corrected chi connectivity index (χ4v) is 6.42. The van der Waals surface area contributed by atoms with Gasteiger partial charge in [-0.2, -0.15) is 26.3 Å². The van der Waals surface area contributed by atoms with Gasteiger partial charge in [-0.05, 0) is 49.6 Å². The lowest BCUT2D eigenvalue weighted by Gasteiger charge is -2.44. The predicted octanol–water partition coefficient (Wildman–Crippen LogP) is 7.02. The molecule has 4 heterocycles. The second-order valence-electron chi connectivity index (χ2n) is 11.8. The van der Waals surface area contributed by atoms with Gasteiger partial charge in [0.1, 0.15) is 13.2 Å². The van der Waals surface area contributed by atoms with Crippen LogP contribution in [0.1, 0.15) is 55.0 Å². The first-order chi connectivity index (χ1) is 23.4. The first kappa shape index (κ1) is 34.4. The lowest BCUT2D eigenvalue weighted by atomic mass is 9.88. The summed E-state index contributed by atoms with van der Waals surface area (Å²) in [6, 6.07) is 3.67. The van der Waals surface area contributed by atoms with Gasteiger partial charge in [0.2, 0.25) is 5.95 Å². The summed E-state index contributed by atoms with van der Waals surface area (Å²) in [6.45, 7) is 6.00. The molecular formula is C33H35F6N5O5. The number of amides is 1. The molecule has 2 aromatic carbocycles. The number of anilines is 3. The molecule has 2 atom stereocenters. The van der Waals surface area contributed by atoms with Crippen LogP contribution < -0.4 is 24.2 Å². The topological polar surface area (TPSA) is 89.5 Å². The molecule has 0 bridgehead atoms. The van der Waals surface area contributed by atoms with Crippen molar-refractivity contribution in [1.82, 2.24) is 9.97 Å². The molecule has 1 aromatic heterocycles. The monoisotopic (exact) mass is 695 g/mol. The van der Waals surface area contributed by atoms with Crippen molar-refractivity contribution in [3.8, 4) is 11.5 Å². The van der Waals surface area contributed by atoms with Crippen LogP contribution in [0.4, 0.5) is 48.5 Å². The van der Waals surface area contributed by atoms with Gasteiger partial charge in [0.15, 0.2) is 11.5 Å². The molecule has 3 aromatic rings. The third kappa shape index (κ3) is 7.28. The Bertz CT molecular complexity index is 1620. The van der Waals surface area contributed by atoms with Crippen molar-refractivity contribution in [3.63, 3.8) is 0 Å². The van der Waals surface area contributed by atoms with Gasteiger partial charge < -0.3 is 28.7 Å². The highest BCUT2D eigenvalue weighted by Gasteiger charge is 2.42. The van der Waals surface area contributed by atoms with Gasteiger partial charge in [-0.15, -0.1) is 0 Å². The number of hydrogen-bond acceptors (Lipinski definition) is 9. The Labute approximate surface area is 278 Å². The van der Waals surface area contributed by atoms with Crippen molar-refractivity contribution >= 4 is 23.4 Å². The van der Waals surface area contributed by atoms with Crippen LogP contribution in [0.3, 0.4) is 0 Å². The van der Waals surface area contributed by atoms with Crippen molar-refractivity contribution < 1.29 is 50.1 Å². The Morgan fingerprint density at radius 3 is 2.08 bits per heavy atom. The molecule has 0 N–H and O–H groups in total. The number of rotatable bonds is 7. The maximum atomic E-state index is 13.9. The average Bonchev–Trinajstić information content (AvgIpc) is 3.09. The summed E-state index contributed by atoms with van der Waals surface area (Å²) in [4.78, 5) is 27.6. The Balaban J connectivity index is 1.50. The van der Waals surface area contributed by atoms with E-state index < -0.39 is 48.2 Å². The summed E-state index contributed by atoms with van der Waals surface area (Å²) in [5.74, 6) is 0.851. The van der Waals surface area contributed by atoms with Crippen LogP contribution in [0.15, 0.2) is 42.7 Å². The summed E-state index contributed by atoms with van der Waals surface area (Å²) in [5, 5.41) is 0. The maximum absolute atomic E-state index is 13.9. The summed E-state index contributed by atoms with van der Waals surface area (Å²) in [6.07, 6.45) is -6.84.